The number of carbonyl (C=O) groups is 2. The largest absolute Gasteiger partial charge is 0.454 e. The first-order valence-electron chi connectivity index (χ1n) is 7.40. The van der Waals surface area contributed by atoms with E-state index in [2.05, 4.69) is 5.32 Å². The first kappa shape index (κ1) is 16.5. The standard InChI is InChI=1S/C18H14FNO5/c19-13-3-1-2-12(8-13)4-7-18(22)23-10-17(21)20-14-5-6-15-16(9-14)25-11-24-15/h1-9H,10-11H2,(H,20,21)/b7-4+. The van der Waals surface area contributed by atoms with Crippen LogP contribution in [0.15, 0.2) is 48.5 Å². The van der Waals surface area contributed by atoms with Crippen molar-refractivity contribution in [3.63, 3.8) is 0 Å². The number of benzene rings is 2. The Balaban J connectivity index is 1.48. The van der Waals surface area contributed by atoms with Gasteiger partial charge < -0.3 is 19.5 Å². The smallest absolute Gasteiger partial charge is 0.331 e. The van der Waals surface area contributed by atoms with Crippen molar-refractivity contribution in [2.24, 2.45) is 0 Å². The van der Waals surface area contributed by atoms with E-state index in [9.17, 15) is 14.0 Å². The number of nitrogens with one attached hydrogen (secondary N) is 1. The second-order valence-electron chi connectivity index (χ2n) is 5.11. The molecule has 1 heterocycles. The van der Waals surface area contributed by atoms with Crippen LogP contribution in [0.1, 0.15) is 5.56 Å². The number of halogens is 1. The summed E-state index contributed by atoms with van der Waals surface area (Å²) in [5.41, 5.74) is 1.02. The normalized spacial score (nSPS) is 12.2. The zero-order valence-corrected chi connectivity index (χ0v) is 13.0. The number of hydrogen-bond donors (Lipinski definition) is 1. The van der Waals surface area contributed by atoms with Crippen molar-refractivity contribution in [2.75, 3.05) is 18.7 Å². The average Bonchev–Trinajstić information content (AvgIpc) is 3.06. The summed E-state index contributed by atoms with van der Waals surface area (Å²) in [4.78, 5) is 23.4. The number of hydrogen-bond acceptors (Lipinski definition) is 5. The molecule has 128 valence electrons. The summed E-state index contributed by atoms with van der Waals surface area (Å²) < 4.78 is 28.2. The van der Waals surface area contributed by atoms with Crippen LogP contribution in [0, 0.1) is 5.82 Å². The molecule has 0 saturated heterocycles. The Hall–Kier alpha value is -3.35. The lowest BCUT2D eigenvalue weighted by molar-refractivity contribution is -0.142. The predicted octanol–water partition coefficient (Wildman–Crippen LogP) is 2.75. The Bertz CT molecular complexity index is 834. The minimum absolute atomic E-state index is 0.141. The fourth-order valence-electron chi connectivity index (χ4n) is 2.13. The SMILES string of the molecule is O=C(COC(=O)/C=C/c1cccc(F)c1)Nc1ccc2c(c1)OCO2. The summed E-state index contributed by atoms with van der Waals surface area (Å²) in [6.07, 6.45) is 2.53. The third-order valence-corrected chi connectivity index (χ3v) is 3.26. The third-order valence-electron chi connectivity index (χ3n) is 3.26. The van der Waals surface area contributed by atoms with Crippen LogP contribution in [0.3, 0.4) is 0 Å². The second-order valence-corrected chi connectivity index (χ2v) is 5.11. The van der Waals surface area contributed by atoms with Gasteiger partial charge in [0.05, 0.1) is 0 Å². The van der Waals surface area contributed by atoms with E-state index in [1.807, 2.05) is 0 Å². The van der Waals surface area contributed by atoms with Gasteiger partial charge in [-0.15, -0.1) is 0 Å². The molecule has 2 aromatic rings. The van der Waals surface area contributed by atoms with Crippen molar-refractivity contribution < 1.29 is 28.2 Å². The number of fused-ring (bicyclic) bond motifs is 1. The Morgan fingerprint density at radius 2 is 2.00 bits per heavy atom. The maximum absolute atomic E-state index is 13.0. The molecular formula is C18H14FNO5. The molecule has 25 heavy (non-hydrogen) atoms. The summed E-state index contributed by atoms with van der Waals surface area (Å²) in [5, 5.41) is 2.58. The molecule has 3 rings (SSSR count). The van der Waals surface area contributed by atoms with Crippen LogP contribution in [0.5, 0.6) is 11.5 Å². The Labute approximate surface area is 142 Å². The monoisotopic (exact) mass is 343 g/mol. The Morgan fingerprint density at radius 3 is 2.84 bits per heavy atom. The lowest BCUT2D eigenvalue weighted by Crippen LogP contribution is -2.20. The third kappa shape index (κ3) is 4.57. The van der Waals surface area contributed by atoms with Crippen LogP contribution >= 0.6 is 0 Å². The Morgan fingerprint density at radius 1 is 1.16 bits per heavy atom. The molecule has 1 aliphatic rings. The van der Waals surface area contributed by atoms with Crippen molar-refractivity contribution >= 4 is 23.6 Å². The first-order chi connectivity index (χ1) is 12.1. The topological polar surface area (TPSA) is 73.9 Å². The van der Waals surface area contributed by atoms with Gasteiger partial charge >= 0.3 is 5.97 Å². The molecule has 0 radical (unpaired) electrons. The van der Waals surface area contributed by atoms with Gasteiger partial charge in [-0.2, -0.15) is 0 Å². The van der Waals surface area contributed by atoms with E-state index in [-0.39, 0.29) is 6.79 Å². The minimum Gasteiger partial charge on any atom is -0.454 e. The van der Waals surface area contributed by atoms with Crippen molar-refractivity contribution in [3.05, 3.63) is 59.9 Å². The summed E-state index contributed by atoms with van der Waals surface area (Å²) in [7, 11) is 0. The molecular weight excluding hydrogens is 329 g/mol. The van der Waals surface area contributed by atoms with Gasteiger partial charge in [0, 0.05) is 17.8 Å². The molecule has 0 unspecified atom stereocenters. The summed E-state index contributed by atoms with van der Waals surface area (Å²) in [6.45, 7) is -0.303. The lowest BCUT2D eigenvalue weighted by atomic mass is 10.2. The predicted molar refractivity (Wildman–Crippen MR) is 87.6 cm³/mol. The number of amides is 1. The van der Waals surface area contributed by atoms with Crippen LogP contribution in [0.25, 0.3) is 6.08 Å². The summed E-state index contributed by atoms with van der Waals surface area (Å²) >= 11 is 0. The van der Waals surface area contributed by atoms with Gasteiger partial charge in [-0.1, -0.05) is 12.1 Å². The maximum atomic E-state index is 13.0. The molecule has 0 aromatic heterocycles. The maximum Gasteiger partial charge on any atom is 0.331 e. The fraction of sp³-hybridized carbons (Fsp3) is 0.111. The van der Waals surface area contributed by atoms with Crippen molar-refractivity contribution in [3.8, 4) is 11.5 Å². The Kier molecular flexibility index (Phi) is 4.94. The van der Waals surface area contributed by atoms with Gasteiger partial charge in [-0.3, -0.25) is 4.79 Å². The van der Waals surface area contributed by atoms with Crippen LogP contribution in [-0.2, 0) is 14.3 Å². The molecule has 1 aliphatic heterocycles. The molecule has 2 aromatic carbocycles. The lowest BCUT2D eigenvalue weighted by Gasteiger charge is -2.06. The van der Waals surface area contributed by atoms with Gasteiger partial charge in [0.1, 0.15) is 5.82 Å². The highest BCUT2D eigenvalue weighted by Gasteiger charge is 2.14. The molecule has 1 N–H and O–H groups in total. The number of anilines is 1. The van der Waals surface area contributed by atoms with E-state index in [4.69, 9.17) is 14.2 Å². The molecule has 0 saturated carbocycles. The molecule has 1 amide bonds. The number of rotatable bonds is 5. The van der Waals surface area contributed by atoms with Crippen LogP contribution < -0.4 is 14.8 Å². The second kappa shape index (κ2) is 7.48. The van der Waals surface area contributed by atoms with E-state index in [0.717, 1.165) is 6.08 Å². The molecule has 7 heteroatoms. The molecule has 0 atom stereocenters. The van der Waals surface area contributed by atoms with Gasteiger partial charge in [0.15, 0.2) is 18.1 Å². The molecule has 0 bridgehead atoms. The highest BCUT2D eigenvalue weighted by atomic mass is 19.1. The first-order valence-corrected chi connectivity index (χ1v) is 7.40. The average molecular weight is 343 g/mol. The quantitative estimate of drug-likeness (QED) is 0.667. The summed E-state index contributed by atoms with van der Waals surface area (Å²) in [5.74, 6) is -0.463. The van der Waals surface area contributed by atoms with Crippen LogP contribution in [0.2, 0.25) is 0 Å². The number of esters is 1. The molecule has 0 aliphatic carbocycles. The minimum atomic E-state index is -0.704. The van der Waals surface area contributed by atoms with E-state index in [0.29, 0.717) is 22.7 Å². The van der Waals surface area contributed by atoms with E-state index >= 15 is 0 Å². The fourth-order valence-corrected chi connectivity index (χ4v) is 2.13. The molecule has 0 spiro atoms. The zero-order valence-electron chi connectivity index (χ0n) is 13.0. The molecule has 6 nitrogen and oxygen atoms in total. The highest BCUT2D eigenvalue weighted by molar-refractivity contribution is 5.94. The van der Waals surface area contributed by atoms with E-state index < -0.39 is 24.3 Å². The van der Waals surface area contributed by atoms with Gasteiger partial charge in [-0.25, -0.2) is 9.18 Å². The van der Waals surface area contributed by atoms with E-state index in [1.54, 1.807) is 24.3 Å². The van der Waals surface area contributed by atoms with Crippen molar-refractivity contribution in [2.45, 2.75) is 0 Å². The van der Waals surface area contributed by atoms with Crippen molar-refractivity contribution in [1.82, 2.24) is 0 Å². The number of ether oxygens (including phenoxy) is 3. The summed E-state index contributed by atoms with van der Waals surface area (Å²) in [6, 6.07) is 10.7. The number of carbonyl (C=O) groups excluding carboxylic acids is 2. The van der Waals surface area contributed by atoms with Crippen LogP contribution in [-0.4, -0.2) is 25.3 Å². The van der Waals surface area contributed by atoms with Crippen LogP contribution in [0.4, 0.5) is 10.1 Å². The van der Waals surface area contributed by atoms with Gasteiger partial charge in [0.2, 0.25) is 6.79 Å². The van der Waals surface area contributed by atoms with Crippen molar-refractivity contribution in [1.29, 1.82) is 0 Å². The van der Waals surface area contributed by atoms with Gasteiger partial charge in [-0.05, 0) is 35.9 Å². The zero-order chi connectivity index (χ0) is 17.6. The molecule has 0 fully saturated rings. The van der Waals surface area contributed by atoms with Gasteiger partial charge in [0.25, 0.3) is 5.91 Å². The highest BCUT2D eigenvalue weighted by Crippen LogP contribution is 2.34. The van der Waals surface area contributed by atoms with E-state index in [1.165, 1.54) is 24.3 Å².